The molecule has 0 heterocycles. The van der Waals surface area contributed by atoms with Gasteiger partial charge < -0.3 is 10.4 Å². The summed E-state index contributed by atoms with van der Waals surface area (Å²) in [5.74, 6) is -3.48. The summed E-state index contributed by atoms with van der Waals surface area (Å²) in [4.78, 5) is 22.5. The Morgan fingerprint density at radius 2 is 1.95 bits per heavy atom. The van der Waals surface area contributed by atoms with Gasteiger partial charge >= 0.3 is 5.97 Å². The zero-order chi connectivity index (χ0) is 14.0. The number of hydrogen-bond acceptors (Lipinski definition) is 2. The monoisotopic (exact) mass is 269 g/mol. The normalized spacial score (nSPS) is 15.9. The summed E-state index contributed by atoms with van der Waals surface area (Å²) in [5.41, 5.74) is -0.729. The molecule has 0 bridgehead atoms. The van der Waals surface area contributed by atoms with Crippen molar-refractivity contribution in [1.82, 2.24) is 5.32 Å². The molecule has 1 amide bonds. The molecule has 0 aromatic heterocycles. The molecule has 102 valence electrons. The Balaban J connectivity index is 1.85. The van der Waals surface area contributed by atoms with Gasteiger partial charge in [-0.3, -0.25) is 9.59 Å². The predicted octanol–water partition coefficient (Wildman–Crippen LogP) is 1.49. The molecule has 2 rings (SSSR count). The third-order valence-corrected chi connectivity index (χ3v) is 3.28. The Morgan fingerprint density at radius 3 is 2.47 bits per heavy atom. The first-order valence-corrected chi connectivity index (χ1v) is 5.91. The number of carboxylic acids is 1. The van der Waals surface area contributed by atoms with Gasteiger partial charge in [-0.1, -0.05) is 6.07 Å². The molecule has 1 saturated carbocycles. The number of amides is 1. The molecule has 6 heteroatoms. The number of carboxylic acid groups (broad SMARTS) is 1. The highest BCUT2D eigenvalue weighted by Gasteiger charge is 2.56. The molecule has 0 aliphatic heterocycles. The summed E-state index contributed by atoms with van der Waals surface area (Å²) in [6, 6.07) is 3.51. The van der Waals surface area contributed by atoms with E-state index in [1.54, 1.807) is 0 Å². The second-order valence-electron chi connectivity index (χ2n) is 4.64. The van der Waals surface area contributed by atoms with Gasteiger partial charge in [-0.2, -0.15) is 0 Å². The lowest BCUT2D eigenvalue weighted by Gasteiger charge is -2.10. The van der Waals surface area contributed by atoms with E-state index in [2.05, 4.69) is 5.32 Å². The number of carbonyl (C=O) groups excluding carboxylic acids is 1. The fourth-order valence-electron chi connectivity index (χ4n) is 1.85. The van der Waals surface area contributed by atoms with Crippen molar-refractivity contribution in [3.05, 3.63) is 35.4 Å². The first-order valence-electron chi connectivity index (χ1n) is 5.91. The summed E-state index contributed by atoms with van der Waals surface area (Å²) in [6.07, 6.45) is 1.01. The molecule has 0 atom stereocenters. The largest absolute Gasteiger partial charge is 0.480 e. The maximum absolute atomic E-state index is 12.9. The standard InChI is InChI=1S/C13H13F2NO3/c14-9-2-1-8(7-10(9)15)3-6-16-11(17)13(4-5-13)12(18)19/h1-2,7H,3-6H2,(H,16,17)(H,18,19). The van der Waals surface area contributed by atoms with Crippen molar-refractivity contribution in [1.29, 1.82) is 0 Å². The van der Waals surface area contributed by atoms with Crippen molar-refractivity contribution >= 4 is 11.9 Å². The van der Waals surface area contributed by atoms with Crippen molar-refractivity contribution in [2.45, 2.75) is 19.3 Å². The first-order chi connectivity index (χ1) is 8.95. The van der Waals surface area contributed by atoms with E-state index in [0.29, 0.717) is 24.8 Å². The molecule has 19 heavy (non-hydrogen) atoms. The first kappa shape index (κ1) is 13.5. The average Bonchev–Trinajstić information content (AvgIpc) is 3.15. The van der Waals surface area contributed by atoms with Crippen LogP contribution >= 0.6 is 0 Å². The Hall–Kier alpha value is -1.98. The summed E-state index contributed by atoms with van der Waals surface area (Å²) in [6.45, 7) is 0.193. The number of halogens is 2. The molecular formula is C13H13F2NO3. The average molecular weight is 269 g/mol. The van der Waals surface area contributed by atoms with Crippen LogP contribution in [0.15, 0.2) is 18.2 Å². The highest BCUT2D eigenvalue weighted by molar-refractivity contribution is 6.04. The van der Waals surface area contributed by atoms with Crippen LogP contribution in [0.25, 0.3) is 0 Å². The Labute approximate surface area is 108 Å². The minimum absolute atomic E-state index is 0.193. The summed E-state index contributed by atoms with van der Waals surface area (Å²) in [5, 5.41) is 11.4. The summed E-state index contributed by atoms with van der Waals surface area (Å²) in [7, 11) is 0. The number of carbonyl (C=O) groups is 2. The van der Waals surface area contributed by atoms with E-state index in [1.807, 2.05) is 0 Å². The van der Waals surface area contributed by atoms with Gasteiger partial charge in [0.1, 0.15) is 5.41 Å². The number of aliphatic carboxylic acids is 1. The summed E-state index contributed by atoms with van der Waals surface area (Å²) < 4.78 is 25.6. The lowest BCUT2D eigenvalue weighted by Crippen LogP contribution is -2.37. The molecule has 1 aliphatic rings. The van der Waals surface area contributed by atoms with Gasteiger partial charge in [-0.05, 0) is 37.0 Å². The molecular weight excluding hydrogens is 256 g/mol. The van der Waals surface area contributed by atoms with E-state index >= 15 is 0 Å². The molecule has 0 radical (unpaired) electrons. The lowest BCUT2D eigenvalue weighted by molar-refractivity contribution is -0.149. The fraction of sp³-hybridized carbons (Fsp3) is 0.385. The van der Waals surface area contributed by atoms with Crippen LogP contribution < -0.4 is 5.32 Å². The van der Waals surface area contributed by atoms with Crippen LogP contribution in [-0.4, -0.2) is 23.5 Å². The van der Waals surface area contributed by atoms with Crippen LogP contribution in [0.1, 0.15) is 18.4 Å². The van der Waals surface area contributed by atoms with Crippen molar-refractivity contribution < 1.29 is 23.5 Å². The number of benzene rings is 1. The lowest BCUT2D eigenvalue weighted by atomic mass is 10.1. The second kappa shape index (κ2) is 4.95. The molecule has 2 N–H and O–H groups in total. The molecule has 1 fully saturated rings. The number of hydrogen-bond donors (Lipinski definition) is 2. The van der Waals surface area contributed by atoms with Gasteiger partial charge in [0.25, 0.3) is 0 Å². The van der Waals surface area contributed by atoms with Gasteiger partial charge in [0.2, 0.25) is 5.91 Å². The zero-order valence-electron chi connectivity index (χ0n) is 10.1. The van der Waals surface area contributed by atoms with Crippen LogP contribution in [-0.2, 0) is 16.0 Å². The van der Waals surface area contributed by atoms with E-state index in [-0.39, 0.29) is 6.54 Å². The SMILES string of the molecule is O=C(O)C1(C(=O)NCCc2ccc(F)c(F)c2)CC1. The maximum Gasteiger partial charge on any atom is 0.319 e. The highest BCUT2D eigenvalue weighted by Crippen LogP contribution is 2.45. The Bertz CT molecular complexity index is 527. The summed E-state index contributed by atoms with van der Waals surface area (Å²) >= 11 is 0. The predicted molar refractivity (Wildman–Crippen MR) is 62.4 cm³/mol. The van der Waals surface area contributed by atoms with Crippen molar-refractivity contribution in [2.24, 2.45) is 5.41 Å². The molecule has 0 unspecified atom stereocenters. The van der Waals surface area contributed by atoms with E-state index in [0.717, 1.165) is 12.1 Å². The quantitative estimate of drug-likeness (QED) is 0.796. The molecule has 0 saturated heterocycles. The highest BCUT2D eigenvalue weighted by atomic mass is 19.2. The van der Waals surface area contributed by atoms with Gasteiger partial charge in [0, 0.05) is 6.54 Å². The van der Waals surface area contributed by atoms with E-state index < -0.39 is 28.9 Å². The zero-order valence-corrected chi connectivity index (χ0v) is 10.1. The maximum atomic E-state index is 12.9. The van der Waals surface area contributed by atoms with Crippen LogP contribution in [0.4, 0.5) is 8.78 Å². The van der Waals surface area contributed by atoms with Crippen molar-refractivity contribution in [3.63, 3.8) is 0 Å². The van der Waals surface area contributed by atoms with Crippen molar-refractivity contribution in [2.75, 3.05) is 6.54 Å². The smallest absolute Gasteiger partial charge is 0.319 e. The van der Waals surface area contributed by atoms with Gasteiger partial charge in [-0.25, -0.2) is 8.78 Å². The molecule has 1 aromatic carbocycles. The van der Waals surface area contributed by atoms with Crippen LogP contribution in [0.3, 0.4) is 0 Å². The minimum Gasteiger partial charge on any atom is -0.480 e. The van der Waals surface area contributed by atoms with Crippen LogP contribution in [0, 0.1) is 17.0 Å². The molecule has 1 aliphatic carbocycles. The van der Waals surface area contributed by atoms with Gasteiger partial charge in [0.15, 0.2) is 11.6 Å². The van der Waals surface area contributed by atoms with Crippen LogP contribution in [0.2, 0.25) is 0 Å². The number of rotatable bonds is 5. The Morgan fingerprint density at radius 1 is 1.26 bits per heavy atom. The topological polar surface area (TPSA) is 66.4 Å². The minimum atomic E-state index is -1.27. The molecule has 0 spiro atoms. The second-order valence-corrected chi connectivity index (χ2v) is 4.64. The Kier molecular flexibility index (Phi) is 3.50. The van der Waals surface area contributed by atoms with Crippen molar-refractivity contribution in [3.8, 4) is 0 Å². The van der Waals surface area contributed by atoms with E-state index in [1.165, 1.54) is 6.07 Å². The van der Waals surface area contributed by atoms with Gasteiger partial charge in [-0.15, -0.1) is 0 Å². The number of nitrogens with one attached hydrogen (secondary N) is 1. The molecule has 1 aromatic rings. The third-order valence-electron chi connectivity index (χ3n) is 3.28. The molecule has 4 nitrogen and oxygen atoms in total. The van der Waals surface area contributed by atoms with Crippen LogP contribution in [0.5, 0.6) is 0 Å². The van der Waals surface area contributed by atoms with E-state index in [9.17, 15) is 18.4 Å². The fourth-order valence-corrected chi connectivity index (χ4v) is 1.85. The van der Waals surface area contributed by atoms with Gasteiger partial charge in [0.05, 0.1) is 0 Å². The van der Waals surface area contributed by atoms with E-state index in [4.69, 9.17) is 5.11 Å². The third kappa shape index (κ3) is 2.72.